The lowest BCUT2D eigenvalue weighted by atomic mass is 10.1. The zero-order valence-electron chi connectivity index (χ0n) is 11.5. The van der Waals surface area contributed by atoms with Crippen LogP contribution in [0.5, 0.6) is 0 Å². The Bertz CT molecular complexity index is 617. The molecule has 0 saturated heterocycles. The van der Waals surface area contributed by atoms with Crippen LogP contribution in [-0.4, -0.2) is 17.7 Å². The smallest absolute Gasteiger partial charge is 0.129 e. The minimum absolute atomic E-state index is 0.000545. The third-order valence-electron chi connectivity index (χ3n) is 3.91. The van der Waals surface area contributed by atoms with Crippen LogP contribution in [0.15, 0.2) is 48.5 Å². The Morgan fingerprint density at radius 2 is 1.90 bits per heavy atom. The predicted molar refractivity (Wildman–Crippen MR) is 76.9 cm³/mol. The Labute approximate surface area is 122 Å². The standard InChI is InChI=1S/C17H17F2NO/c18-12-6-7-15(19)14(8-12)17(21)10-20-16-9-13(16)11-4-2-1-3-5-11/h1-8,13,16-17,20-21H,9-10H2. The molecule has 3 unspecified atom stereocenters. The summed E-state index contributed by atoms with van der Waals surface area (Å²) in [4.78, 5) is 0. The van der Waals surface area contributed by atoms with Crippen LogP contribution in [0.2, 0.25) is 0 Å². The predicted octanol–water partition coefficient (Wildman–Crippen LogP) is 3.14. The van der Waals surface area contributed by atoms with Crippen LogP contribution in [0.25, 0.3) is 0 Å². The highest BCUT2D eigenvalue weighted by atomic mass is 19.1. The maximum atomic E-state index is 13.5. The summed E-state index contributed by atoms with van der Waals surface area (Å²) >= 11 is 0. The number of hydrogen-bond acceptors (Lipinski definition) is 2. The molecule has 2 aromatic rings. The molecule has 0 aromatic heterocycles. The maximum absolute atomic E-state index is 13.5. The highest BCUT2D eigenvalue weighted by Gasteiger charge is 2.38. The Morgan fingerprint density at radius 1 is 1.14 bits per heavy atom. The molecule has 0 spiro atoms. The maximum Gasteiger partial charge on any atom is 0.129 e. The molecule has 0 heterocycles. The van der Waals surface area contributed by atoms with Gasteiger partial charge < -0.3 is 10.4 Å². The summed E-state index contributed by atoms with van der Waals surface area (Å²) in [7, 11) is 0. The fourth-order valence-corrected chi connectivity index (χ4v) is 2.63. The van der Waals surface area contributed by atoms with E-state index in [0.717, 1.165) is 24.6 Å². The highest BCUT2D eigenvalue weighted by molar-refractivity contribution is 5.28. The topological polar surface area (TPSA) is 32.3 Å². The SMILES string of the molecule is OC(CNC1CC1c1ccccc1)c1cc(F)ccc1F. The molecule has 0 aliphatic heterocycles. The van der Waals surface area contributed by atoms with E-state index in [0.29, 0.717) is 12.0 Å². The molecule has 1 fully saturated rings. The summed E-state index contributed by atoms with van der Waals surface area (Å²) in [5, 5.41) is 13.2. The number of rotatable bonds is 5. The normalized spacial score (nSPS) is 22.0. The number of halogens is 2. The van der Waals surface area contributed by atoms with Gasteiger partial charge in [0.2, 0.25) is 0 Å². The number of nitrogens with one attached hydrogen (secondary N) is 1. The van der Waals surface area contributed by atoms with Crippen molar-refractivity contribution < 1.29 is 13.9 Å². The summed E-state index contributed by atoms with van der Waals surface area (Å²) < 4.78 is 26.7. The van der Waals surface area contributed by atoms with Crippen molar-refractivity contribution in [3.05, 3.63) is 71.3 Å². The minimum atomic E-state index is -1.04. The van der Waals surface area contributed by atoms with Crippen molar-refractivity contribution in [3.8, 4) is 0 Å². The second kappa shape index (κ2) is 5.92. The fourth-order valence-electron chi connectivity index (χ4n) is 2.63. The Balaban J connectivity index is 1.56. The Kier molecular flexibility index (Phi) is 3.99. The van der Waals surface area contributed by atoms with E-state index >= 15 is 0 Å². The first-order valence-corrected chi connectivity index (χ1v) is 7.06. The Morgan fingerprint density at radius 3 is 2.67 bits per heavy atom. The molecule has 2 N–H and O–H groups in total. The molecule has 110 valence electrons. The van der Waals surface area contributed by atoms with Crippen molar-refractivity contribution in [1.29, 1.82) is 0 Å². The van der Waals surface area contributed by atoms with Crippen LogP contribution in [0.3, 0.4) is 0 Å². The molecule has 0 bridgehead atoms. The summed E-state index contributed by atoms with van der Waals surface area (Å²) in [5.74, 6) is -0.684. The molecule has 0 amide bonds. The van der Waals surface area contributed by atoms with E-state index in [-0.39, 0.29) is 12.1 Å². The van der Waals surface area contributed by atoms with E-state index in [1.807, 2.05) is 18.2 Å². The van der Waals surface area contributed by atoms with Crippen LogP contribution in [0, 0.1) is 11.6 Å². The first kappa shape index (κ1) is 14.2. The largest absolute Gasteiger partial charge is 0.387 e. The van der Waals surface area contributed by atoms with Gasteiger partial charge in [-0.2, -0.15) is 0 Å². The molecular formula is C17H17F2NO. The molecule has 21 heavy (non-hydrogen) atoms. The van der Waals surface area contributed by atoms with Crippen molar-refractivity contribution in [2.45, 2.75) is 24.5 Å². The Hall–Kier alpha value is -1.78. The molecule has 1 aliphatic rings. The lowest BCUT2D eigenvalue weighted by Gasteiger charge is -2.13. The molecular weight excluding hydrogens is 272 g/mol. The van der Waals surface area contributed by atoms with Crippen molar-refractivity contribution in [2.24, 2.45) is 0 Å². The van der Waals surface area contributed by atoms with E-state index in [2.05, 4.69) is 17.4 Å². The van der Waals surface area contributed by atoms with Gasteiger partial charge in [-0.1, -0.05) is 30.3 Å². The molecule has 2 aromatic carbocycles. The molecule has 1 aliphatic carbocycles. The lowest BCUT2D eigenvalue weighted by Crippen LogP contribution is -2.25. The van der Waals surface area contributed by atoms with Crippen LogP contribution in [-0.2, 0) is 0 Å². The van der Waals surface area contributed by atoms with E-state index in [1.54, 1.807) is 0 Å². The van der Waals surface area contributed by atoms with Crippen molar-refractivity contribution in [2.75, 3.05) is 6.54 Å². The van der Waals surface area contributed by atoms with Gasteiger partial charge in [-0.15, -0.1) is 0 Å². The van der Waals surface area contributed by atoms with Gasteiger partial charge in [0.25, 0.3) is 0 Å². The molecule has 3 atom stereocenters. The van der Waals surface area contributed by atoms with Gasteiger partial charge in [0.15, 0.2) is 0 Å². The quantitative estimate of drug-likeness (QED) is 0.886. The summed E-state index contributed by atoms with van der Waals surface area (Å²) in [6.45, 7) is 0.217. The second-order valence-electron chi connectivity index (χ2n) is 5.45. The van der Waals surface area contributed by atoms with Gasteiger partial charge in [0.1, 0.15) is 11.6 Å². The van der Waals surface area contributed by atoms with Gasteiger partial charge in [-0.25, -0.2) is 8.78 Å². The van der Waals surface area contributed by atoms with Crippen LogP contribution >= 0.6 is 0 Å². The first-order chi connectivity index (χ1) is 10.1. The lowest BCUT2D eigenvalue weighted by molar-refractivity contribution is 0.169. The monoisotopic (exact) mass is 289 g/mol. The zero-order chi connectivity index (χ0) is 14.8. The third kappa shape index (κ3) is 3.28. The van der Waals surface area contributed by atoms with Crippen LogP contribution in [0.1, 0.15) is 29.6 Å². The zero-order valence-corrected chi connectivity index (χ0v) is 11.5. The van der Waals surface area contributed by atoms with Gasteiger partial charge >= 0.3 is 0 Å². The van der Waals surface area contributed by atoms with Crippen LogP contribution in [0.4, 0.5) is 8.78 Å². The van der Waals surface area contributed by atoms with Crippen LogP contribution < -0.4 is 5.32 Å². The van der Waals surface area contributed by atoms with Gasteiger partial charge in [-0.3, -0.25) is 0 Å². The van der Waals surface area contributed by atoms with Crippen molar-refractivity contribution >= 4 is 0 Å². The number of benzene rings is 2. The number of aliphatic hydroxyl groups excluding tert-OH is 1. The van der Waals surface area contributed by atoms with E-state index < -0.39 is 17.7 Å². The minimum Gasteiger partial charge on any atom is -0.387 e. The molecule has 2 nitrogen and oxygen atoms in total. The molecule has 1 saturated carbocycles. The van der Waals surface area contributed by atoms with Gasteiger partial charge in [-0.05, 0) is 30.2 Å². The van der Waals surface area contributed by atoms with Crippen molar-refractivity contribution in [3.63, 3.8) is 0 Å². The second-order valence-corrected chi connectivity index (χ2v) is 5.45. The van der Waals surface area contributed by atoms with Gasteiger partial charge in [0, 0.05) is 24.1 Å². The number of aliphatic hydroxyl groups is 1. The fraction of sp³-hybridized carbons (Fsp3) is 0.294. The van der Waals surface area contributed by atoms with E-state index in [1.165, 1.54) is 5.56 Å². The summed E-state index contributed by atoms with van der Waals surface area (Å²) in [5.41, 5.74) is 1.26. The summed E-state index contributed by atoms with van der Waals surface area (Å²) in [6, 6.07) is 13.6. The summed E-state index contributed by atoms with van der Waals surface area (Å²) in [6.07, 6.45) is -0.0414. The molecule has 0 radical (unpaired) electrons. The van der Waals surface area contributed by atoms with Crippen molar-refractivity contribution in [1.82, 2.24) is 5.32 Å². The first-order valence-electron chi connectivity index (χ1n) is 7.06. The van der Waals surface area contributed by atoms with E-state index in [4.69, 9.17) is 0 Å². The number of hydrogen-bond donors (Lipinski definition) is 2. The molecule has 3 rings (SSSR count). The van der Waals surface area contributed by atoms with Gasteiger partial charge in [0.05, 0.1) is 6.10 Å². The highest BCUT2D eigenvalue weighted by Crippen LogP contribution is 2.40. The van der Waals surface area contributed by atoms with E-state index in [9.17, 15) is 13.9 Å². The molecule has 4 heteroatoms. The average Bonchev–Trinajstić information content (AvgIpc) is 3.28. The third-order valence-corrected chi connectivity index (χ3v) is 3.91. The average molecular weight is 289 g/mol.